The van der Waals surface area contributed by atoms with Gasteiger partial charge in [0.2, 0.25) is 0 Å². The minimum atomic E-state index is -0.341. The summed E-state index contributed by atoms with van der Waals surface area (Å²) in [6.45, 7) is 1.31. The maximum Gasteiger partial charge on any atom is 0.170 e. The molecule has 106 valence electrons. The van der Waals surface area contributed by atoms with Gasteiger partial charge in [0.15, 0.2) is 5.58 Å². The predicted molar refractivity (Wildman–Crippen MR) is 74.6 cm³/mol. The number of fused-ring (bicyclic) bond motifs is 1. The van der Waals surface area contributed by atoms with Crippen molar-refractivity contribution in [3.8, 4) is 17.0 Å². The first kappa shape index (κ1) is 12.3. The number of halogens is 1. The van der Waals surface area contributed by atoms with Crippen molar-refractivity contribution in [2.75, 3.05) is 13.2 Å². The molecule has 21 heavy (non-hydrogen) atoms. The van der Waals surface area contributed by atoms with E-state index >= 15 is 0 Å². The molecule has 2 aromatic carbocycles. The van der Waals surface area contributed by atoms with Crippen LogP contribution >= 0.6 is 0 Å². The molecule has 1 aliphatic rings. The Kier molecular flexibility index (Phi) is 2.86. The van der Waals surface area contributed by atoms with E-state index in [4.69, 9.17) is 14.0 Å². The lowest BCUT2D eigenvalue weighted by molar-refractivity contribution is 0.263. The Labute approximate surface area is 120 Å². The second kappa shape index (κ2) is 4.86. The maximum absolute atomic E-state index is 13.2. The van der Waals surface area contributed by atoms with Gasteiger partial charge < -0.3 is 14.0 Å². The van der Waals surface area contributed by atoms with Gasteiger partial charge in [-0.15, -0.1) is 0 Å². The van der Waals surface area contributed by atoms with Gasteiger partial charge in [-0.05, 0) is 24.3 Å². The number of nitrogens with zero attached hydrogens (tertiary/aromatic N) is 1. The topological polar surface area (TPSA) is 47.8 Å². The molecule has 0 bridgehead atoms. The molecule has 1 fully saturated rings. The van der Waals surface area contributed by atoms with E-state index in [2.05, 4.69) is 5.16 Å². The summed E-state index contributed by atoms with van der Waals surface area (Å²) in [5, 5.41) is 4.81. The number of benzene rings is 2. The van der Waals surface area contributed by atoms with Gasteiger partial charge in [0.25, 0.3) is 0 Å². The van der Waals surface area contributed by atoms with Crippen molar-refractivity contribution in [3.05, 3.63) is 48.3 Å². The van der Waals surface area contributed by atoms with E-state index in [1.807, 2.05) is 24.3 Å². The number of aromatic nitrogens is 1. The van der Waals surface area contributed by atoms with Crippen molar-refractivity contribution in [3.63, 3.8) is 0 Å². The van der Waals surface area contributed by atoms with Gasteiger partial charge in [0, 0.05) is 17.0 Å². The first-order valence-electron chi connectivity index (χ1n) is 6.69. The minimum absolute atomic E-state index is 0.213. The molecular weight excluding hydrogens is 273 g/mol. The van der Waals surface area contributed by atoms with E-state index < -0.39 is 0 Å². The standard InChI is InChI=1S/C16H12FNO3/c17-11-4-5-14-15(7-11)21-18-16(14)10-2-1-3-12(6-10)19-8-13-9-20-13/h1-7,13H,8-9H2/t13-/m1/s1. The average Bonchev–Trinajstić information content (AvgIpc) is 3.24. The van der Waals surface area contributed by atoms with Crippen LogP contribution in [0.2, 0.25) is 0 Å². The highest BCUT2D eigenvalue weighted by molar-refractivity contribution is 5.91. The predicted octanol–water partition coefficient (Wildman–Crippen LogP) is 3.41. The third kappa shape index (κ3) is 2.48. The molecule has 1 aliphatic heterocycles. The summed E-state index contributed by atoms with van der Waals surface area (Å²) in [6.07, 6.45) is 0.213. The fraction of sp³-hybridized carbons (Fsp3) is 0.188. The molecular formula is C16H12FNO3. The number of epoxide rings is 1. The highest BCUT2D eigenvalue weighted by Crippen LogP contribution is 2.30. The molecule has 1 atom stereocenters. The van der Waals surface area contributed by atoms with E-state index in [0.717, 1.165) is 23.3 Å². The molecule has 0 saturated carbocycles. The molecule has 4 nitrogen and oxygen atoms in total. The van der Waals surface area contributed by atoms with Crippen molar-refractivity contribution in [2.24, 2.45) is 0 Å². The van der Waals surface area contributed by atoms with Crippen molar-refractivity contribution >= 4 is 11.0 Å². The first-order chi connectivity index (χ1) is 10.3. The molecule has 2 heterocycles. The first-order valence-corrected chi connectivity index (χ1v) is 6.69. The van der Waals surface area contributed by atoms with Crippen LogP contribution in [0.4, 0.5) is 4.39 Å². The Morgan fingerprint density at radius 3 is 3.00 bits per heavy atom. The fourth-order valence-electron chi connectivity index (χ4n) is 2.21. The van der Waals surface area contributed by atoms with Gasteiger partial charge in [-0.3, -0.25) is 0 Å². The number of ether oxygens (including phenoxy) is 2. The van der Waals surface area contributed by atoms with Crippen LogP contribution < -0.4 is 4.74 Å². The third-order valence-corrected chi connectivity index (χ3v) is 3.38. The van der Waals surface area contributed by atoms with Gasteiger partial charge >= 0.3 is 0 Å². The molecule has 0 unspecified atom stereocenters. The van der Waals surface area contributed by atoms with E-state index in [0.29, 0.717) is 17.9 Å². The zero-order valence-electron chi connectivity index (χ0n) is 11.1. The number of hydrogen-bond acceptors (Lipinski definition) is 4. The summed E-state index contributed by atoms with van der Waals surface area (Å²) in [6, 6.07) is 12.0. The molecule has 0 amide bonds. The molecule has 5 heteroatoms. The average molecular weight is 285 g/mol. The lowest BCUT2D eigenvalue weighted by Crippen LogP contribution is -2.03. The summed E-state index contributed by atoms with van der Waals surface area (Å²) in [7, 11) is 0. The number of hydrogen-bond donors (Lipinski definition) is 0. The van der Waals surface area contributed by atoms with Gasteiger partial charge in [-0.1, -0.05) is 17.3 Å². The molecule has 4 rings (SSSR count). The molecule has 0 aliphatic carbocycles. The quantitative estimate of drug-likeness (QED) is 0.689. The van der Waals surface area contributed by atoms with Gasteiger partial charge in [0.05, 0.1) is 6.61 Å². The summed E-state index contributed by atoms with van der Waals surface area (Å²) in [5.74, 6) is 0.410. The maximum atomic E-state index is 13.2. The minimum Gasteiger partial charge on any atom is -0.491 e. The SMILES string of the molecule is Fc1ccc2c(-c3cccc(OC[C@@H]4CO4)c3)noc2c1. The third-order valence-electron chi connectivity index (χ3n) is 3.38. The van der Waals surface area contributed by atoms with E-state index in [-0.39, 0.29) is 11.9 Å². The van der Waals surface area contributed by atoms with Crippen molar-refractivity contribution < 1.29 is 18.4 Å². The Hall–Kier alpha value is -2.40. The highest BCUT2D eigenvalue weighted by atomic mass is 19.1. The monoisotopic (exact) mass is 285 g/mol. The summed E-state index contributed by atoms with van der Waals surface area (Å²) < 4.78 is 29.1. The highest BCUT2D eigenvalue weighted by Gasteiger charge is 2.23. The van der Waals surface area contributed by atoms with Gasteiger partial charge in [-0.2, -0.15) is 0 Å². The van der Waals surface area contributed by atoms with Crippen LogP contribution in [0.1, 0.15) is 0 Å². The van der Waals surface area contributed by atoms with Crippen LogP contribution in [0.15, 0.2) is 47.0 Å². The second-order valence-electron chi connectivity index (χ2n) is 4.97. The Morgan fingerprint density at radius 2 is 2.14 bits per heavy atom. The van der Waals surface area contributed by atoms with Crippen molar-refractivity contribution in [2.45, 2.75) is 6.10 Å². The van der Waals surface area contributed by atoms with Gasteiger partial charge in [-0.25, -0.2) is 4.39 Å². The molecule has 0 N–H and O–H groups in total. The van der Waals surface area contributed by atoms with Gasteiger partial charge in [0.1, 0.15) is 30.0 Å². The van der Waals surface area contributed by atoms with E-state index in [1.54, 1.807) is 6.07 Å². The lowest BCUT2D eigenvalue weighted by atomic mass is 10.1. The lowest BCUT2D eigenvalue weighted by Gasteiger charge is -2.05. The smallest absolute Gasteiger partial charge is 0.170 e. The Bertz CT molecular complexity index is 795. The largest absolute Gasteiger partial charge is 0.491 e. The molecule has 1 saturated heterocycles. The van der Waals surface area contributed by atoms with Crippen molar-refractivity contribution in [1.82, 2.24) is 5.16 Å². The van der Waals surface area contributed by atoms with Crippen LogP contribution in [0.3, 0.4) is 0 Å². The van der Waals surface area contributed by atoms with E-state index in [1.165, 1.54) is 12.1 Å². The summed E-state index contributed by atoms with van der Waals surface area (Å²) in [4.78, 5) is 0. The van der Waals surface area contributed by atoms with E-state index in [9.17, 15) is 4.39 Å². The van der Waals surface area contributed by atoms with Crippen LogP contribution in [-0.2, 0) is 4.74 Å². The molecule has 0 spiro atoms. The van der Waals surface area contributed by atoms with Crippen LogP contribution in [0, 0.1) is 5.82 Å². The summed E-state index contributed by atoms with van der Waals surface area (Å²) >= 11 is 0. The van der Waals surface area contributed by atoms with Crippen molar-refractivity contribution in [1.29, 1.82) is 0 Å². The zero-order valence-corrected chi connectivity index (χ0v) is 11.1. The Balaban J connectivity index is 1.68. The molecule has 1 aromatic heterocycles. The fourth-order valence-corrected chi connectivity index (χ4v) is 2.21. The van der Waals surface area contributed by atoms with Crippen LogP contribution in [0.5, 0.6) is 5.75 Å². The zero-order chi connectivity index (χ0) is 14.2. The van der Waals surface area contributed by atoms with Crippen LogP contribution in [0.25, 0.3) is 22.2 Å². The van der Waals surface area contributed by atoms with Crippen LogP contribution in [-0.4, -0.2) is 24.5 Å². The normalized spacial score (nSPS) is 17.1. The number of rotatable bonds is 4. The Morgan fingerprint density at radius 1 is 1.24 bits per heavy atom. The summed E-state index contributed by atoms with van der Waals surface area (Å²) in [5.41, 5.74) is 1.98. The molecule has 3 aromatic rings. The second-order valence-corrected chi connectivity index (χ2v) is 4.97. The molecule has 0 radical (unpaired) electrons.